The second-order valence-electron chi connectivity index (χ2n) is 5.51. The van der Waals surface area contributed by atoms with Gasteiger partial charge in [-0.1, -0.05) is 12.1 Å². The summed E-state index contributed by atoms with van der Waals surface area (Å²) in [5.41, 5.74) is 2.31. The average Bonchev–Trinajstić information content (AvgIpc) is 2.58. The summed E-state index contributed by atoms with van der Waals surface area (Å²) in [4.78, 5) is 0. The van der Waals surface area contributed by atoms with E-state index in [1.165, 1.54) is 5.69 Å². The Labute approximate surface area is 135 Å². The van der Waals surface area contributed by atoms with Crippen LogP contribution in [0.2, 0.25) is 0 Å². The van der Waals surface area contributed by atoms with Crippen molar-refractivity contribution in [2.45, 2.75) is 6.42 Å². The SMILES string of the molecule is COc1cc2cc[n+](C)c(Cc3ccc(O)cc3)c2cc1OC. The summed E-state index contributed by atoms with van der Waals surface area (Å²) in [6, 6.07) is 13.4. The van der Waals surface area contributed by atoms with Crippen LogP contribution in [0.1, 0.15) is 11.3 Å². The lowest BCUT2D eigenvalue weighted by atomic mass is 10.0. The number of benzene rings is 2. The van der Waals surface area contributed by atoms with Gasteiger partial charge in [-0.15, -0.1) is 0 Å². The van der Waals surface area contributed by atoms with Crippen molar-refractivity contribution < 1.29 is 19.1 Å². The standard InChI is InChI=1S/C19H19NO3/c1-20-9-8-14-11-18(22-2)19(23-3)12-16(14)17(20)10-13-4-6-15(21)7-5-13/h4-9,11-12H,10H2,1-3H3/p+1. The van der Waals surface area contributed by atoms with Crippen LogP contribution >= 0.6 is 0 Å². The molecular formula is C19H20NO3+. The topological polar surface area (TPSA) is 42.6 Å². The highest BCUT2D eigenvalue weighted by Gasteiger charge is 2.16. The Kier molecular flexibility index (Phi) is 4.06. The normalized spacial score (nSPS) is 10.7. The minimum Gasteiger partial charge on any atom is -0.508 e. The molecule has 23 heavy (non-hydrogen) atoms. The van der Waals surface area contributed by atoms with Crippen molar-refractivity contribution in [1.82, 2.24) is 0 Å². The lowest BCUT2D eigenvalue weighted by molar-refractivity contribution is -0.677. The van der Waals surface area contributed by atoms with Crippen LogP contribution in [0.3, 0.4) is 0 Å². The van der Waals surface area contributed by atoms with Gasteiger partial charge in [-0.2, -0.15) is 0 Å². The van der Waals surface area contributed by atoms with E-state index < -0.39 is 0 Å². The molecule has 2 aromatic carbocycles. The van der Waals surface area contributed by atoms with Crippen molar-refractivity contribution in [1.29, 1.82) is 0 Å². The Balaban J connectivity index is 2.14. The number of rotatable bonds is 4. The average molecular weight is 310 g/mol. The lowest BCUT2D eigenvalue weighted by Crippen LogP contribution is -2.33. The third-order valence-electron chi connectivity index (χ3n) is 4.08. The number of aryl methyl sites for hydroxylation is 1. The molecule has 0 spiro atoms. The van der Waals surface area contributed by atoms with E-state index in [9.17, 15) is 5.11 Å². The second-order valence-corrected chi connectivity index (χ2v) is 5.51. The number of fused-ring (bicyclic) bond motifs is 1. The Hall–Kier alpha value is -2.75. The number of methoxy groups -OCH3 is 2. The number of hydrogen-bond donors (Lipinski definition) is 1. The Bertz CT molecular complexity index is 841. The molecule has 0 amide bonds. The molecule has 1 N–H and O–H groups in total. The summed E-state index contributed by atoms with van der Waals surface area (Å²) in [5, 5.41) is 11.7. The fraction of sp³-hybridized carbons (Fsp3) is 0.211. The van der Waals surface area contributed by atoms with Gasteiger partial charge in [-0.3, -0.25) is 0 Å². The molecule has 0 aliphatic carbocycles. The molecule has 4 heteroatoms. The van der Waals surface area contributed by atoms with E-state index in [-0.39, 0.29) is 5.75 Å². The molecule has 0 radical (unpaired) electrons. The molecule has 3 aromatic rings. The Morgan fingerprint density at radius 1 is 0.957 bits per heavy atom. The first-order chi connectivity index (χ1) is 11.1. The van der Waals surface area contributed by atoms with Crippen LogP contribution in [0.15, 0.2) is 48.7 Å². The number of ether oxygens (including phenoxy) is 2. The summed E-state index contributed by atoms with van der Waals surface area (Å²) in [7, 11) is 5.32. The van der Waals surface area contributed by atoms with Gasteiger partial charge in [-0.25, -0.2) is 4.57 Å². The van der Waals surface area contributed by atoms with Gasteiger partial charge in [0.2, 0.25) is 0 Å². The van der Waals surface area contributed by atoms with E-state index in [2.05, 4.69) is 10.6 Å². The molecule has 0 bridgehead atoms. The van der Waals surface area contributed by atoms with Crippen molar-refractivity contribution in [3.8, 4) is 17.2 Å². The monoisotopic (exact) mass is 310 g/mol. The molecule has 4 nitrogen and oxygen atoms in total. The van der Waals surface area contributed by atoms with E-state index in [4.69, 9.17) is 9.47 Å². The molecule has 0 aliphatic heterocycles. The Morgan fingerprint density at radius 2 is 1.61 bits per heavy atom. The molecule has 0 aliphatic rings. The van der Waals surface area contributed by atoms with Crippen molar-refractivity contribution in [3.05, 3.63) is 59.9 Å². The summed E-state index contributed by atoms with van der Waals surface area (Å²) < 4.78 is 12.9. The molecular weight excluding hydrogens is 290 g/mol. The van der Waals surface area contributed by atoms with Gasteiger partial charge in [0, 0.05) is 6.07 Å². The van der Waals surface area contributed by atoms with Crippen LogP contribution in [-0.2, 0) is 13.5 Å². The summed E-state index contributed by atoms with van der Waals surface area (Å²) >= 11 is 0. The second kappa shape index (κ2) is 6.16. The number of phenolic OH excluding ortho intramolecular Hbond substituents is 1. The first-order valence-corrected chi connectivity index (χ1v) is 7.43. The van der Waals surface area contributed by atoms with Gasteiger partial charge in [-0.05, 0) is 35.2 Å². The van der Waals surface area contributed by atoms with Crippen molar-refractivity contribution >= 4 is 10.8 Å². The molecule has 0 saturated carbocycles. The van der Waals surface area contributed by atoms with E-state index in [1.807, 2.05) is 37.5 Å². The van der Waals surface area contributed by atoms with Crippen LogP contribution < -0.4 is 14.0 Å². The summed E-state index contributed by atoms with van der Waals surface area (Å²) in [6.07, 6.45) is 2.81. The molecule has 1 aromatic heterocycles. The van der Waals surface area contributed by atoms with Crippen LogP contribution in [0.5, 0.6) is 17.2 Å². The summed E-state index contributed by atoms with van der Waals surface area (Å²) in [5.74, 6) is 1.73. The third-order valence-corrected chi connectivity index (χ3v) is 4.08. The van der Waals surface area contributed by atoms with Crippen molar-refractivity contribution in [2.24, 2.45) is 7.05 Å². The Morgan fingerprint density at radius 3 is 2.26 bits per heavy atom. The highest BCUT2D eigenvalue weighted by atomic mass is 16.5. The number of phenols is 1. The number of pyridine rings is 1. The maximum absolute atomic E-state index is 9.44. The van der Waals surface area contributed by atoms with Gasteiger partial charge < -0.3 is 14.6 Å². The van der Waals surface area contributed by atoms with Crippen LogP contribution in [0, 0.1) is 0 Å². The molecule has 1 heterocycles. The van der Waals surface area contributed by atoms with Crippen molar-refractivity contribution in [2.75, 3.05) is 14.2 Å². The maximum Gasteiger partial charge on any atom is 0.193 e. The van der Waals surface area contributed by atoms with Gasteiger partial charge in [0.15, 0.2) is 23.4 Å². The quantitative estimate of drug-likeness (QED) is 0.753. The lowest BCUT2D eigenvalue weighted by Gasteiger charge is -2.11. The highest BCUT2D eigenvalue weighted by molar-refractivity contribution is 5.87. The van der Waals surface area contributed by atoms with E-state index in [1.54, 1.807) is 26.4 Å². The predicted molar refractivity (Wildman–Crippen MR) is 89.1 cm³/mol. The minimum absolute atomic E-state index is 0.280. The van der Waals surface area contributed by atoms with Gasteiger partial charge in [0.25, 0.3) is 0 Å². The van der Waals surface area contributed by atoms with Crippen LogP contribution in [0.25, 0.3) is 10.8 Å². The zero-order valence-corrected chi connectivity index (χ0v) is 13.5. The molecule has 3 rings (SSSR count). The largest absolute Gasteiger partial charge is 0.508 e. The van der Waals surface area contributed by atoms with Gasteiger partial charge in [0.1, 0.15) is 12.8 Å². The number of hydrogen-bond acceptors (Lipinski definition) is 3. The fourth-order valence-electron chi connectivity index (χ4n) is 2.78. The summed E-state index contributed by atoms with van der Waals surface area (Å²) in [6.45, 7) is 0. The van der Waals surface area contributed by atoms with Crippen LogP contribution in [-0.4, -0.2) is 19.3 Å². The molecule has 0 unspecified atom stereocenters. The third kappa shape index (κ3) is 2.93. The molecule has 118 valence electrons. The number of aromatic hydroxyl groups is 1. The molecule has 0 fully saturated rings. The van der Waals surface area contributed by atoms with Crippen LogP contribution in [0.4, 0.5) is 0 Å². The van der Waals surface area contributed by atoms with E-state index in [0.717, 1.165) is 34.3 Å². The highest BCUT2D eigenvalue weighted by Crippen LogP contribution is 2.33. The van der Waals surface area contributed by atoms with E-state index >= 15 is 0 Å². The zero-order valence-electron chi connectivity index (χ0n) is 13.5. The number of aromatic nitrogens is 1. The zero-order chi connectivity index (χ0) is 16.4. The van der Waals surface area contributed by atoms with Gasteiger partial charge in [0.05, 0.1) is 26.0 Å². The van der Waals surface area contributed by atoms with E-state index in [0.29, 0.717) is 0 Å². The minimum atomic E-state index is 0.280. The first-order valence-electron chi connectivity index (χ1n) is 7.43. The first kappa shape index (κ1) is 15.2. The van der Waals surface area contributed by atoms with Gasteiger partial charge >= 0.3 is 0 Å². The molecule has 0 atom stereocenters. The smallest absolute Gasteiger partial charge is 0.193 e. The number of nitrogens with zero attached hydrogens (tertiary/aromatic N) is 1. The molecule has 0 saturated heterocycles. The van der Waals surface area contributed by atoms with Crippen molar-refractivity contribution in [3.63, 3.8) is 0 Å². The predicted octanol–water partition coefficient (Wildman–Crippen LogP) is 2.98. The maximum atomic E-state index is 9.44. The fourth-order valence-corrected chi connectivity index (χ4v) is 2.78.